The highest BCUT2D eigenvalue weighted by molar-refractivity contribution is 6.31. The van der Waals surface area contributed by atoms with Crippen LogP contribution in [0.4, 0.5) is 5.69 Å². The molecule has 0 aliphatic heterocycles. The molecule has 2 aromatic carbocycles. The predicted molar refractivity (Wildman–Crippen MR) is 92.3 cm³/mol. The minimum Gasteiger partial charge on any atom is -0.493 e. The van der Waals surface area contributed by atoms with Crippen LogP contribution in [-0.2, 0) is 6.54 Å². The van der Waals surface area contributed by atoms with E-state index in [4.69, 9.17) is 21.1 Å². The van der Waals surface area contributed by atoms with Crippen molar-refractivity contribution >= 4 is 17.3 Å². The quantitative estimate of drug-likeness (QED) is 0.774. The highest BCUT2D eigenvalue weighted by Gasteiger charge is 2.06. The van der Waals surface area contributed by atoms with E-state index in [1.54, 1.807) is 7.11 Å². The van der Waals surface area contributed by atoms with Gasteiger partial charge < -0.3 is 14.8 Å². The third-order valence-electron chi connectivity index (χ3n) is 3.36. The molecule has 2 rings (SSSR count). The summed E-state index contributed by atoms with van der Waals surface area (Å²) in [6.07, 6.45) is 0.973. The SMILES string of the molecule is CCCOc1ccc(CNc2ccc(C)c(Cl)c2)cc1OC. The van der Waals surface area contributed by atoms with Gasteiger partial charge in [0.15, 0.2) is 11.5 Å². The molecule has 0 bridgehead atoms. The molecule has 4 heteroatoms. The lowest BCUT2D eigenvalue weighted by atomic mass is 10.2. The van der Waals surface area contributed by atoms with Gasteiger partial charge in [-0.2, -0.15) is 0 Å². The van der Waals surface area contributed by atoms with Gasteiger partial charge in [0.1, 0.15) is 0 Å². The Labute approximate surface area is 137 Å². The fourth-order valence-electron chi connectivity index (χ4n) is 2.06. The molecule has 0 radical (unpaired) electrons. The van der Waals surface area contributed by atoms with Crippen molar-refractivity contribution in [3.63, 3.8) is 0 Å². The molecule has 0 aromatic heterocycles. The Morgan fingerprint density at radius 1 is 1.09 bits per heavy atom. The van der Waals surface area contributed by atoms with Crippen LogP contribution in [0.5, 0.6) is 11.5 Å². The maximum absolute atomic E-state index is 6.14. The molecule has 0 saturated carbocycles. The molecule has 3 nitrogen and oxygen atoms in total. The molecular formula is C18H22ClNO2. The minimum atomic E-state index is 0.690. The van der Waals surface area contributed by atoms with Gasteiger partial charge >= 0.3 is 0 Å². The van der Waals surface area contributed by atoms with E-state index in [2.05, 4.69) is 12.2 Å². The van der Waals surface area contributed by atoms with Crippen LogP contribution < -0.4 is 14.8 Å². The number of nitrogens with one attached hydrogen (secondary N) is 1. The molecule has 0 unspecified atom stereocenters. The van der Waals surface area contributed by atoms with Gasteiger partial charge in [-0.15, -0.1) is 0 Å². The topological polar surface area (TPSA) is 30.5 Å². The number of halogens is 1. The Morgan fingerprint density at radius 3 is 2.59 bits per heavy atom. The Balaban J connectivity index is 2.04. The number of rotatable bonds is 7. The average Bonchev–Trinajstić information content (AvgIpc) is 2.54. The summed E-state index contributed by atoms with van der Waals surface area (Å²) in [6.45, 7) is 5.46. The maximum Gasteiger partial charge on any atom is 0.161 e. The van der Waals surface area contributed by atoms with Crippen LogP contribution in [0.15, 0.2) is 36.4 Å². The van der Waals surface area contributed by atoms with Crippen LogP contribution in [0.3, 0.4) is 0 Å². The third kappa shape index (κ3) is 4.31. The Kier molecular flexibility index (Phi) is 5.96. The van der Waals surface area contributed by atoms with E-state index in [0.717, 1.165) is 39.8 Å². The van der Waals surface area contributed by atoms with Crippen molar-refractivity contribution < 1.29 is 9.47 Å². The Bertz CT molecular complexity index is 628. The van der Waals surface area contributed by atoms with Crippen LogP contribution in [0.1, 0.15) is 24.5 Å². The second kappa shape index (κ2) is 7.95. The van der Waals surface area contributed by atoms with E-state index >= 15 is 0 Å². The number of anilines is 1. The van der Waals surface area contributed by atoms with Gasteiger partial charge in [-0.25, -0.2) is 0 Å². The molecule has 2 aromatic rings. The molecule has 0 fully saturated rings. The summed E-state index contributed by atoms with van der Waals surface area (Å²) in [4.78, 5) is 0. The molecule has 0 aliphatic carbocycles. The fourth-order valence-corrected chi connectivity index (χ4v) is 2.24. The van der Waals surface area contributed by atoms with Crippen LogP contribution in [0, 0.1) is 6.92 Å². The van der Waals surface area contributed by atoms with Crippen molar-refractivity contribution in [2.45, 2.75) is 26.8 Å². The number of hydrogen-bond donors (Lipinski definition) is 1. The number of benzene rings is 2. The molecule has 22 heavy (non-hydrogen) atoms. The van der Waals surface area contributed by atoms with Gasteiger partial charge in [0, 0.05) is 17.3 Å². The van der Waals surface area contributed by atoms with Crippen LogP contribution in [-0.4, -0.2) is 13.7 Å². The largest absolute Gasteiger partial charge is 0.493 e. The lowest BCUT2D eigenvalue weighted by Crippen LogP contribution is -2.02. The third-order valence-corrected chi connectivity index (χ3v) is 3.77. The number of aryl methyl sites for hydroxylation is 1. The summed E-state index contributed by atoms with van der Waals surface area (Å²) in [5.41, 5.74) is 3.20. The van der Waals surface area contributed by atoms with Crippen molar-refractivity contribution in [2.75, 3.05) is 19.0 Å². The van der Waals surface area contributed by atoms with Crippen molar-refractivity contribution in [1.29, 1.82) is 0 Å². The molecule has 0 atom stereocenters. The Morgan fingerprint density at radius 2 is 1.91 bits per heavy atom. The summed E-state index contributed by atoms with van der Waals surface area (Å²) in [5.74, 6) is 1.54. The Hall–Kier alpha value is -1.87. The number of hydrogen-bond acceptors (Lipinski definition) is 3. The zero-order valence-corrected chi connectivity index (χ0v) is 14.0. The summed E-state index contributed by atoms with van der Waals surface area (Å²) < 4.78 is 11.1. The first kappa shape index (κ1) is 16.5. The van der Waals surface area contributed by atoms with Crippen LogP contribution >= 0.6 is 11.6 Å². The van der Waals surface area contributed by atoms with Gasteiger partial charge in [-0.1, -0.05) is 30.7 Å². The molecular weight excluding hydrogens is 298 g/mol. The first-order chi connectivity index (χ1) is 10.6. The van der Waals surface area contributed by atoms with E-state index in [0.29, 0.717) is 13.2 Å². The lowest BCUT2D eigenvalue weighted by molar-refractivity contribution is 0.294. The second-order valence-corrected chi connectivity index (χ2v) is 5.56. The van der Waals surface area contributed by atoms with Crippen molar-refractivity contribution in [3.8, 4) is 11.5 Å². The second-order valence-electron chi connectivity index (χ2n) is 5.15. The molecule has 1 N–H and O–H groups in total. The van der Waals surface area contributed by atoms with Gasteiger partial charge in [0.2, 0.25) is 0 Å². The summed E-state index contributed by atoms with van der Waals surface area (Å²) in [6, 6.07) is 12.0. The highest BCUT2D eigenvalue weighted by atomic mass is 35.5. The minimum absolute atomic E-state index is 0.690. The smallest absolute Gasteiger partial charge is 0.161 e. The van der Waals surface area contributed by atoms with Crippen LogP contribution in [0.2, 0.25) is 5.02 Å². The van der Waals surface area contributed by atoms with Gasteiger partial charge in [-0.3, -0.25) is 0 Å². The number of methoxy groups -OCH3 is 1. The highest BCUT2D eigenvalue weighted by Crippen LogP contribution is 2.28. The summed E-state index contributed by atoms with van der Waals surface area (Å²) in [7, 11) is 1.66. The van der Waals surface area contributed by atoms with Gasteiger partial charge in [-0.05, 0) is 48.7 Å². The standard InChI is InChI=1S/C18H22ClNO2/c1-4-9-22-17-8-6-14(10-18(17)21-3)12-20-15-7-5-13(2)16(19)11-15/h5-8,10-11,20H,4,9,12H2,1-3H3. The van der Waals surface area contributed by atoms with E-state index in [-0.39, 0.29) is 0 Å². The van der Waals surface area contributed by atoms with E-state index < -0.39 is 0 Å². The summed E-state index contributed by atoms with van der Waals surface area (Å²) >= 11 is 6.14. The number of ether oxygens (including phenoxy) is 2. The van der Waals surface area contributed by atoms with Crippen LogP contribution in [0.25, 0.3) is 0 Å². The maximum atomic E-state index is 6.14. The molecule has 0 spiro atoms. The monoisotopic (exact) mass is 319 g/mol. The molecule has 118 valence electrons. The van der Waals surface area contributed by atoms with Crippen molar-refractivity contribution in [3.05, 3.63) is 52.5 Å². The van der Waals surface area contributed by atoms with E-state index in [9.17, 15) is 0 Å². The molecule has 0 heterocycles. The fraction of sp³-hybridized carbons (Fsp3) is 0.333. The predicted octanol–water partition coefficient (Wildman–Crippen LogP) is 5.06. The van der Waals surface area contributed by atoms with E-state index in [1.807, 2.05) is 43.3 Å². The molecule has 0 amide bonds. The van der Waals surface area contributed by atoms with E-state index in [1.165, 1.54) is 0 Å². The first-order valence-electron chi connectivity index (χ1n) is 7.43. The summed E-state index contributed by atoms with van der Waals surface area (Å²) in [5, 5.41) is 4.13. The average molecular weight is 320 g/mol. The molecule has 0 saturated heterocycles. The zero-order chi connectivity index (χ0) is 15.9. The lowest BCUT2D eigenvalue weighted by Gasteiger charge is -2.13. The normalized spacial score (nSPS) is 10.4. The first-order valence-corrected chi connectivity index (χ1v) is 7.81. The van der Waals surface area contributed by atoms with Gasteiger partial charge in [0.25, 0.3) is 0 Å². The molecule has 0 aliphatic rings. The van der Waals surface area contributed by atoms with Crippen molar-refractivity contribution in [2.24, 2.45) is 0 Å². The van der Waals surface area contributed by atoms with Gasteiger partial charge in [0.05, 0.1) is 13.7 Å². The zero-order valence-electron chi connectivity index (χ0n) is 13.3. The van der Waals surface area contributed by atoms with Crippen molar-refractivity contribution in [1.82, 2.24) is 0 Å².